The highest BCUT2D eigenvalue weighted by molar-refractivity contribution is 5.94. The van der Waals surface area contributed by atoms with Crippen molar-refractivity contribution in [1.82, 2.24) is 4.90 Å². The minimum absolute atomic E-state index is 0.00831. The molecule has 1 amide bonds. The number of rotatable bonds is 7. The van der Waals surface area contributed by atoms with E-state index in [9.17, 15) is 9.59 Å². The molecule has 2 atom stereocenters. The number of Topliss-reactive ketones (excluding diaryl/α,β-unsaturated/α-hetero) is 1. The van der Waals surface area contributed by atoms with Gasteiger partial charge >= 0.3 is 0 Å². The lowest BCUT2D eigenvalue weighted by Gasteiger charge is -2.16. The van der Waals surface area contributed by atoms with Gasteiger partial charge in [0.1, 0.15) is 5.75 Å². The largest absolute Gasteiger partial charge is 0.494 e. The number of nitrogens with zero attached hydrogens (tertiary/aromatic N) is 1. The van der Waals surface area contributed by atoms with Crippen molar-refractivity contribution in [3.63, 3.8) is 0 Å². The predicted molar refractivity (Wildman–Crippen MR) is 105 cm³/mol. The molecule has 1 fully saturated rings. The van der Waals surface area contributed by atoms with Crippen LogP contribution in [0.2, 0.25) is 0 Å². The quantitative estimate of drug-likeness (QED) is 0.604. The van der Waals surface area contributed by atoms with Crippen LogP contribution in [-0.2, 0) is 4.79 Å². The Morgan fingerprint density at radius 2 is 1.89 bits per heavy atom. The van der Waals surface area contributed by atoms with E-state index in [1.165, 1.54) is 12.5 Å². The summed E-state index contributed by atoms with van der Waals surface area (Å²) >= 11 is 0. The van der Waals surface area contributed by atoms with Crippen molar-refractivity contribution in [2.75, 3.05) is 19.7 Å². The third kappa shape index (κ3) is 4.95. The van der Waals surface area contributed by atoms with Crippen molar-refractivity contribution < 1.29 is 14.3 Å². The Labute approximate surface area is 160 Å². The first-order chi connectivity index (χ1) is 13.0. The zero-order chi connectivity index (χ0) is 19.2. The van der Waals surface area contributed by atoms with Gasteiger partial charge in [0.15, 0.2) is 5.78 Å². The lowest BCUT2D eigenvalue weighted by Crippen LogP contribution is -2.32. The maximum atomic E-state index is 12.5. The summed E-state index contributed by atoms with van der Waals surface area (Å²) in [7, 11) is 0. The molecule has 2 N–H and O–H groups in total. The molecule has 0 aromatic heterocycles. The van der Waals surface area contributed by atoms with Crippen LogP contribution in [0.15, 0.2) is 54.6 Å². The second-order valence-electron chi connectivity index (χ2n) is 7.02. The van der Waals surface area contributed by atoms with Crippen molar-refractivity contribution >= 4 is 11.7 Å². The molecule has 1 saturated heterocycles. The molecule has 1 heterocycles. The molecule has 5 nitrogen and oxygen atoms in total. The number of benzene rings is 2. The molecule has 0 saturated carbocycles. The van der Waals surface area contributed by atoms with Gasteiger partial charge in [0.05, 0.1) is 6.61 Å². The average Bonchev–Trinajstić information content (AvgIpc) is 3.08. The number of nitrogens with two attached hydrogens (primary N) is 1. The molecule has 1 aliphatic rings. The Bertz CT molecular complexity index is 791. The Balaban J connectivity index is 1.45. The molecule has 0 radical (unpaired) electrons. The van der Waals surface area contributed by atoms with Gasteiger partial charge < -0.3 is 15.4 Å². The Morgan fingerprint density at radius 3 is 2.63 bits per heavy atom. The van der Waals surface area contributed by atoms with Gasteiger partial charge in [-0.1, -0.05) is 42.5 Å². The fourth-order valence-corrected chi connectivity index (χ4v) is 3.46. The Kier molecular flexibility index (Phi) is 6.24. The van der Waals surface area contributed by atoms with Crippen LogP contribution in [0.1, 0.15) is 41.6 Å². The second-order valence-corrected chi connectivity index (χ2v) is 7.02. The minimum Gasteiger partial charge on any atom is -0.494 e. The first kappa shape index (κ1) is 19.1. The molecule has 0 aliphatic carbocycles. The number of hydrogen-bond donors (Lipinski definition) is 1. The van der Waals surface area contributed by atoms with Crippen molar-refractivity contribution in [2.45, 2.75) is 31.7 Å². The highest BCUT2D eigenvalue weighted by atomic mass is 16.5. The van der Waals surface area contributed by atoms with Crippen LogP contribution in [0.3, 0.4) is 0 Å². The summed E-state index contributed by atoms with van der Waals surface area (Å²) in [5, 5.41) is 0. The number of carbonyl (C=O) groups excluding carboxylic acids is 2. The molecule has 5 heteroatoms. The zero-order valence-corrected chi connectivity index (χ0v) is 15.6. The molecule has 0 bridgehead atoms. The smallest absolute Gasteiger partial charge is 0.222 e. The number of ether oxygens (including phenoxy) is 1. The van der Waals surface area contributed by atoms with Crippen LogP contribution in [0.4, 0.5) is 0 Å². The molecule has 1 aliphatic heterocycles. The standard InChI is InChI=1S/C22H26N2O3/c1-16(25)18-9-5-10-19(13-18)27-12-6-11-22(26)24-14-20(21(23)15-24)17-7-3-2-4-8-17/h2-5,7-10,13,20-21H,6,11-12,14-15,23H2,1H3/t20-,21+/m0/s1. The van der Waals surface area contributed by atoms with E-state index in [1.807, 2.05) is 29.2 Å². The van der Waals surface area contributed by atoms with Gasteiger partial charge in [-0.05, 0) is 31.0 Å². The van der Waals surface area contributed by atoms with Crippen molar-refractivity contribution in [2.24, 2.45) is 5.73 Å². The van der Waals surface area contributed by atoms with E-state index in [2.05, 4.69) is 12.1 Å². The normalized spacial score (nSPS) is 19.1. The van der Waals surface area contributed by atoms with Gasteiger partial charge in [0.2, 0.25) is 5.91 Å². The summed E-state index contributed by atoms with van der Waals surface area (Å²) < 4.78 is 5.67. The SMILES string of the molecule is CC(=O)c1cccc(OCCCC(=O)N2C[C@@H](N)[C@H](c3ccccc3)C2)c1. The van der Waals surface area contributed by atoms with Crippen molar-refractivity contribution in [3.8, 4) is 5.75 Å². The van der Waals surface area contributed by atoms with E-state index in [4.69, 9.17) is 10.5 Å². The maximum absolute atomic E-state index is 12.5. The zero-order valence-electron chi connectivity index (χ0n) is 15.6. The minimum atomic E-state index is -0.0260. The van der Waals surface area contributed by atoms with Crippen LogP contribution in [0.5, 0.6) is 5.75 Å². The van der Waals surface area contributed by atoms with Gasteiger partial charge in [0.25, 0.3) is 0 Å². The first-order valence-electron chi connectivity index (χ1n) is 9.36. The Morgan fingerprint density at radius 1 is 1.11 bits per heavy atom. The van der Waals surface area contributed by atoms with Crippen molar-refractivity contribution in [3.05, 3.63) is 65.7 Å². The van der Waals surface area contributed by atoms with E-state index < -0.39 is 0 Å². The average molecular weight is 366 g/mol. The van der Waals surface area contributed by atoms with Gasteiger partial charge in [-0.25, -0.2) is 0 Å². The molecule has 3 rings (SSSR count). The van der Waals surface area contributed by atoms with Gasteiger partial charge in [-0.2, -0.15) is 0 Å². The van der Waals surface area contributed by atoms with E-state index in [0.717, 1.165) is 0 Å². The molecular weight excluding hydrogens is 340 g/mol. The molecule has 2 aromatic rings. The van der Waals surface area contributed by atoms with E-state index >= 15 is 0 Å². The summed E-state index contributed by atoms with van der Waals surface area (Å²) in [6, 6.07) is 17.2. The summed E-state index contributed by atoms with van der Waals surface area (Å²) in [5.41, 5.74) is 8.08. The lowest BCUT2D eigenvalue weighted by atomic mass is 9.95. The summed E-state index contributed by atoms with van der Waals surface area (Å²) in [6.45, 7) is 3.24. The van der Waals surface area contributed by atoms with E-state index in [-0.39, 0.29) is 23.7 Å². The van der Waals surface area contributed by atoms with Crippen LogP contribution in [-0.4, -0.2) is 42.3 Å². The number of amides is 1. The maximum Gasteiger partial charge on any atom is 0.222 e. The molecule has 27 heavy (non-hydrogen) atoms. The van der Waals surface area contributed by atoms with Crippen LogP contribution in [0.25, 0.3) is 0 Å². The lowest BCUT2D eigenvalue weighted by molar-refractivity contribution is -0.130. The Hall–Kier alpha value is -2.66. The third-order valence-electron chi connectivity index (χ3n) is 4.99. The fourth-order valence-electron chi connectivity index (χ4n) is 3.46. The third-order valence-corrected chi connectivity index (χ3v) is 4.99. The molecule has 0 unspecified atom stereocenters. The summed E-state index contributed by atoms with van der Waals surface area (Å²) in [4.78, 5) is 25.8. The number of ketones is 1. The second kappa shape index (κ2) is 8.82. The summed E-state index contributed by atoms with van der Waals surface area (Å²) in [6.07, 6.45) is 1.06. The monoisotopic (exact) mass is 366 g/mol. The first-order valence-corrected chi connectivity index (χ1v) is 9.36. The van der Waals surface area contributed by atoms with Crippen LogP contribution >= 0.6 is 0 Å². The van der Waals surface area contributed by atoms with E-state index in [0.29, 0.717) is 43.9 Å². The fraction of sp³-hybridized carbons (Fsp3) is 0.364. The number of carbonyl (C=O) groups is 2. The van der Waals surface area contributed by atoms with Gasteiger partial charge in [0, 0.05) is 37.0 Å². The van der Waals surface area contributed by atoms with Crippen molar-refractivity contribution in [1.29, 1.82) is 0 Å². The van der Waals surface area contributed by atoms with Gasteiger partial charge in [-0.3, -0.25) is 9.59 Å². The molecular formula is C22H26N2O3. The molecule has 2 aromatic carbocycles. The topological polar surface area (TPSA) is 72.6 Å². The summed E-state index contributed by atoms with van der Waals surface area (Å²) in [5.74, 6) is 0.974. The van der Waals surface area contributed by atoms with Crippen LogP contribution in [0, 0.1) is 0 Å². The van der Waals surface area contributed by atoms with E-state index in [1.54, 1.807) is 18.2 Å². The molecule has 142 valence electrons. The number of hydrogen-bond acceptors (Lipinski definition) is 4. The van der Waals surface area contributed by atoms with Crippen LogP contribution < -0.4 is 10.5 Å². The highest BCUT2D eigenvalue weighted by Gasteiger charge is 2.33. The number of likely N-dealkylation sites (tertiary alicyclic amines) is 1. The predicted octanol–water partition coefficient (Wildman–Crippen LogP) is 3.00. The molecule has 0 spiro atoms. The van der Waals surface area contributed by atoms with Gasteiger partial charge in [-0.15, -0.1) is 0 Å². The highest BCUT2D eigenvalue weighted by Crippen LogP contribution is 2.26.